The fraction of sp³-hybridized carbons (Fsp3) is 0.125. The number of hydrogen-bond acceptors (Lipinski definition) is 7. The highest BCUT2D eigenvalue weighted by atomic mass is 32.2. The first-order valence-electron chi connectivity index (χ1n) is 7.23. The van der Waals surface area contributed by atoms with Crippen LogP contribution < -0.4 is 10.1 Å². The molecule has 1 N–H and O–H groups in total. The van der Waals surface area contributed by atoms with E-state index in [1.807, 2.05) is 0 Å². The number of sulfone groups is 1. The molecular formula is C16H14FN3O3S2. The van der Waals surface area contributed by atoms with E-state index in [9.17, 15) is 12.8 Å². The van der Waals surface area contributed by atoms with Crippen LogP contribution in [0.4, 0.5) is 10.3 Å². The Labute approximate surface area is 148 Å². The van der Waals surface area contributed by atoms with Crippen molar-refractivity contribution in [2.24, 2.45) is 0 Å². The maximum absolute atomic E-state index is 12.9. The van der Waals surface area contributed by atoms with Crippen molar-refractivity contribution in [1.82, 2.24) is 9.36 Å². The number of halogens is 1. The molecule has 1 heterocycles. The van der Waals surface area contributed by atoms with Gasteiger partial charge in [0.15, 0.2) is 0 Å². The molecule has 0 saturated heterocycles. The van der Waals surface area contributed by atoms with Crippen LogP contribution >= 0.6 is 11.5 Å². The molecule has 2 aromatic carbocycles. The lowest BCUT2D eigenvalue weighted by molar-refractivity contribution is 0.480. The highest BCUT2D eigenvalue weighted by Crippen LogP contribution is 2.25. The van der Waals surface area contributed by atoms with Crippen molar-refractivity contribution in [2.45, 2.75) is 10.1 Å². The summed E-state index contributed by atoms with van der Waals surface area (Å²) in [5.41, 5.74) is 0.556. The van der Waals surface area contributed by atoms with Gasteiger partial charge in [0.25, 0.3) is 0 Å². The van der Waals surface area contributed by atoms with E-state index in [1.165, 1.54) is 24.3 Å². The molecule has 0 atom stereocenters. The molecule has 3 rings (SSSR count). The van der Waals surface area contributed by atoms with Gasteiger partial charge in [-0.15, -0.1) is 0 Å². The minimum Gasteiger partial charge on any atom is -0.457 e. The van der Waals surface area contributed by atoms with Crippen LogP contribution in [0.2, 0.25) is 0 Å². The molecule has 0 unspecified atom stereocenters. The van der Waals surface area contributed by atoms with E-state index in [4.69, 9.17) is 4.74 Å². The van der Waals surface area contributed by atoms with Crippen molar-refractivity contribution in [3.05, 3.63) is 59.9 Å². The molecule has 0 aliphatic heterocycles. The molecular weight excluding hydrogens is 365 g/mol. The van der Waals surface area contributed by atoms with Gasteiger partial charge in [-0.1, -0.05) is 12.1 Å². The van der Waals surface area contributed by atoms with Crippen LogP contribution in [0.1, 0.15) is 5.56 Å². The maximum Gasteiger partial charge on any atom is 0.235 e. The van der Waals surface area contributed by atoms with Gasteiger partial charge in [0.05, 0.1) is 5.75 Å². The van der Waals surface area contributed by atoms with Crippen LogP contribution in [0, 0.1) is 5.82 Å². The molecule has 0 aliphatic rings. The van der Waals surface area contributed by atoms with Gasteiger partial charge in [-0.25, -0.2) is 12.8 Å². The van der Waals surface area contributed by atoms with Crippen molar-refractivity contribution in [3.63, 3.8) is 0 Å². The van der Waals surface area contributed by atoms with Gasteiger partial charge in [0.2, 0.25) is 20.1 Å². The smallest absolute Gasteiger partial charge is 0.235 e. The summed E-state index contributed by atoms with van der Waals surface area (Å²) in [5.74, 6) is 0.630. The molecule has 0 amide bonds. The second-order valence-electron chi connectivity index (χ2n) is 5.10. The topological polar surface area (TPSA) is 81.2 Å². The molecule has 9 heteroatoms. The number of benzene rings is 2. The largest absolute Gasteiger partial charge is 0.457 e. The Hall–Kier alpha value is -2.52. The first-order chi connectivity index (χ1) is 12.0. The fourth-order valence-electron chi connectivity index (χ4n) is 2.06. The van der Waals surface area contributed by atoms with Crippen molar-refractivity contribution in [1.29, 1.82) is 0 Å². The lowest BCUT2D eigenvalue weighted by atomic mass is 10.2. The molecule has 0 fully saturated rings. The first kappa shape index (κ1) is 17.3. The number of anilines is 1. The monoisotopic (exact) mass is 379 g/mol. The van der Waals surface area contributed by atoms with E-state index < -0.39 is 9.84 Å². The van der Waals surface area contributed by atoms with E-state index in [0.717, 1.165) is 11.5 Å². The van der Waals surface area contributed by atoms with Crippen molar-refractivity contribution < 1.29 is 17.5 Å². The summed E-state index contributed by atoms with van der Waals surface area (Å²) in [6.45, 7) is 0. The zero-order valence-electron chi connectivity index (χ0n) is 13.1. The van der Waals surface area contributed by atoms with Gasteiger partial charge in [-0.2, -0.15) is 9.36 Å². The molecule has 1 aromatic heterocycles. The summed E-state index contributed by atoms with van der Waals surface area (Å²) in [7, 11) is -1.98. The van der Waals surface area contributed by atoms with Crippen LogP contribution in [-0.2, 0) is 15.6 Å². The van der Waals surface area contributed by atoms with E-state index in [2.05, 4.69) is 14.7 Å². The van der Waals surface area contributed by atoms with Crippen LogP contribution in [0.25, 0.3) is 0 Å². The third-order valence-corrected chi connectivity index (χ3v) is 6.04. The average molecular weight is 379 g/mol. The summed E-state index contributed by atoms with van der Waals surface area (Å²) < 4.78 is 47.3. The number of nitrogens with zero attached hydrogens (tertiary/aromatic N) is 2. The minimum atomic E-state index is -3.60. The molecule has 0 radical (unpaired) electrons. The van der Waals surface area contributed by atoms with Crippen molar-refractivity contribution in [3.8, 4) is 11.5 Å². The molecule has 0 spiro atoms. The summed E-state index contributed by atoms with van der Waals surface area (Å²) in [4.78, 5) is 3.94. The van der Waals surface area contributed by atoms with E-state index in [-0.39, 0.29) is 21.9 Å². The molecule has 3 aromatic rings. The third kappa shape index (κ3) is 4.31. The number of rotatable bonds is 6. The Bertz CT molecular complexity index is 972. The Balaban J connectivity index is 1.78. The average Bonchev–Trinajstić information content (AvgIpc) is 3.07. The summed E-state index contributed by atoms with van der Waals surface area (Å²) in [6.07, 6.45) is 0. The molecule has 25 heavy (non-hydrogen) atoms. The zero-order chi connectivity index (χ0) is 17.9. The number of nitrogens with one attached hydrogen (secondary N) is 1. The van der Waals surface area contributed by atoms with Gasteiger partial charge in [0.1, 0.15) is 17.3 Å². The van der Waals surface area contributed by atoms with Crippen LogP contribution in [0.5, 0.6) is 11.5 Å². The first-order valence-corrected chi connectivity index (χ1v) is 9.65. The molecule has 0 bridgehead atoms. The normalized spacial score (nSPS) is 11.3. The Morgan fingerprint density at radius 1 is 1.16 bits per heavy atom. The highest BCUT2D eigenvalue weighted by Gasteiger charge is 2.21. The van der Waals surface area contributed by atoms with E-state index in [0.29, 0.717) is 17.1 Å². The molecule has 0 aliphatic carbocycles. The van der Waals surface area contributed by atoms with Gasteiger partial charge < -0.3 is 10.1 Å². The van der Waals surface area contributed by atoms with Crippen LogP contribution in [0.3, 0.4) is 0 Å². The quantitative estimate of drug-likeness (QED) is 0.706. The van der Waals surface area contributed by atoms with E-state index in [1.54, 1.807) is 31.3 Å². The lowest BCUT2D eigenvalue weighted by Crippen LogP contribution is -2.05. The SMILES string of the molecule is CNc1nsc(S(=O)(=O)Cc2cccc(Oc3ccc(F)cc3)c2)n1. The second-order valence-corrected chi connectivity index (χ2v) is 8.01. The van der Waals surface area contributed by atoms with Crippen LogP contribution in [-0.4, -0.2) is 24.8 Å². The highest BCUT2D eigenvalue weighted by molar-refractivity contribution is 7.92. The maximum atomic E-state index is 12.9. The molecule has 0 saturated carbocycles. The van der Waals surface area contributed by atoms with Crippen LogP contribution in [0.15, 0.2) is 52.9 Å². The van der Waals surface area contributed by atoms with Gasteiger partial charge >= 0.3 is 0 Å². The number of aromatic nitrogens is 2. The molecule has 130 valence electrons. The number of hydrogen-bond donors (Lipinski definition) is 1. The third-order valence-electron chi connectivity index (χ3n) is 3.20. The summed E-state index contributed by atoms with van der Waals surface area (Å²) in [5, 5.41) is 2.70. The van der Waals surface area contributed by atoms with Gasteiger partial charge in [-0.3, -0.25) is 0 Å². The van der Waals surface area contributed by atoms with Gasteiger partial charge in [0, 0.05) is 18.6 Å². The minimum absolute atomic E-state index is 0.0401. The lowest BCUT2D eigenvalue weighted by Gasteiger charge is -2.07. The predicted octanol–water partition coefficient (Wildman–Crippen LogP) is 3.49. The Morgan fingerprint density at radius 2 is 1.92 bits per heavy atom. The van der Waals surface area contributed by atoms with Crippen molar-refractivity contribution >= 4 is 27.3 Å². The Morgan fingerprint density at radius 3 is 2.60 bits per heavy atom. The summed E-state index contributed by atoms with van der Waals surface area (Å²) >= 11 is 0.830. The van der Waals surface area contributed by atoms with Gasteiger partial charge in [-0.05, 0) is 42.0 Å². The standard InChI is InChI=1S/C16H14FN3O3S2/c1-18-15-19-16(24-20-15)25(21,22)10-11-3-2-4-14(9-11)23-13-7-5-12(17)6-8-13/h2-9H,10H2,1H3,(H,18,20). The number of ether oxygens (including phenoxy) is 1. The predicted molar refractivity (Wildman–Crippen MR) is 93.3 cm³/mol. The molecule has 6 nitrogen and oxygen atoms in total. The Kier molecular flexibility index (Phi) is 4.95. The van der Waals surface area contributed by atoms with Crippen molar-refractivity contribution in [2.75, 3.05) is 12.4 Å². The second kappa shape index (κ2) is 7.16. The van der Waals surface area contributed by atoms with E-state index >= 15 is 0 Å². The zero-order valence-corrected chi connectivity index (χ0v) is 14.8. The fourth-order valence-corrected chi connectivity index (χ4v) is 4.19. The summed E-state index contributed by atoms with van der Waals surface area (Å²) in [6, 6.07) is 12.3.